The summed E-state index contributed by atoms with van der Waals surface area (Å²) in [5, 5.41) is 0. The lowest BCUT2D eigenvalue weighted by Crippen LogP contribution is -2.37. The molecule has 0 bridgehead atoms. The third kappa shape index (κ3) is 3.07. The summed E-state index contributed by atoms with van der Waals surface area (Å²) in [4.78, 5) is 15.9. The first-order valence-corrected chi connectivity index (χ1v) is 8.33. The maximum absolute atomic E-state index is 13.4. The highest BCUT2D eigenvalue weighted by atomic mass is 32.2. The van der Waals surface area contributed by atoms with Crippen LogP contribution in [0.4, 0.5) is 4.39 Å². The van der Waals surface area contributed by atoms with Gasteiger partial charge in [0.2, 0.25) is 0 Å². The molecule has 2 aromatic rings. The standard InChI is InChI=1S/C15H12FN3O3S/c16-10-4-5-14-11(9-10)12(6-8-23(14,21)22)18-19-15(20)13-3-1-2-7-17-13/h1-7,9,18H,8H2,(H,19,20). The Kier molecular flexibility index (Phi) is 3.83. The van der Waals surface area contributed by atoms with Crippen LogP contribution in [0, 0.1) is 5.82 Å². The van der Waals surface area contributed by atoms with E-state index in [0.29, 0.717) is 5.70 Å². The zero-order valence-electron chi connectivity index (χ0n) is 11.8. The lowest BCUT2D eigenvalue weighted by molar-refractivity contribution is 0.0937. The molecule has 0 atom stereocenters. The van der Waals surface area contributed by atoms with Crippen molar-refractivity contribution in [1.29, 1.82) is 0 Å². The molecule has 0 saturated carbocycles. The Morgan fingerprint density at radius 3 is 2.78 bits per heavy atom. The number of benzene rings is 1. The second-order valence-electron chi connectivity index (χ2n) is 4.83. The summed E-state index contributed by atoms with van der Waals surface area (Å²) in [7, 11) is -3.49. The van der Waals surface area contributed by atoms with Crippen LogP contribution in [0.5, 0.6) is 0 Å². The third-order valence-electron chi connectivity index (χ3n) is 3.28. The number of pyridine rings is 1. The Morgan fingerprint density at radius 2 is 2.04 bits per heavy atom. The second-order valence-corrected chi connectivity index (χ2v) is 6.84. The van der Waals surface area contributed by atoms with Crippen molar-refractivity contribution in [2.24, 2.45) is 0 Å². The van der Waals surface area contributed by atoms with E-state index in [9.17, 15) is 17.6 Å². The lowest BCUT2D eigenvalue weighted by Gasteiger charge is -2.19. The van der Waals surface area contributed by atoms with Crippen molar-refractivity contribution in [3.05, 3.63) is 65.7 Å². The van der Waals surface area contributed by atoms with Crippen molar-refractivity contribution in [2.45, 2.75) is 4.90 Å². The Labute approximate surface area is 131 Å². The Bertz CT molecular complexity index is 895. The molecule has 23 heavy (non-hydrogen) atoms. The van der Waals surface area contributed by atoms with E-state index in [-0.39, 0.29) is 21.9 Å². The molecule has 6 nitrogen and oxygen atoms in total. The van der Waals surface area contributed by atoms with Crippen molar-refractivity contribution >= 4 is 21.4 Å². The van der Waals surface area contributed by atoms with Gasteiger partial charge in [0.15, 0.2) is 9.84 Å². The van der Waals surface area contributed by atoms with Gasteiger partial charge in [0, 0.05) is 11.8 Å². The molecule has 1 aromatic carbocycles. The molecule has 0 aliphatic carbocycles. The molecule has 0 radical (unpaired) electrons. The normalized spacial score (nSPS) is 15.3. The predicted octanol–water partition coefficient (Wildman–Crippen LogP) is 1.28. The monoisotopic (exact) mass is 333 g/mol. The molecule has 0 fully saturated rings. The topological polar surface area (TPSA) is 88.2 Å². The fourth-order valence-electron chi connectivity index (χ4n) is 2.18. The number of nitrogens with one attached hydrogen (secondary N) is 2. The van der Waals surface area contributed by atoms with E-state index in [1.54, 1.807) is 12.1 Å². The summed E-state index contributed by atoms with van der Waals surface area (Å²) in [6, 6.07) is 8.29. The number of hydrazine groups is 1. The molecule has 3 rings (SSSR count). The van der Waals surface area contributed by atoms with Crippen molar-refractivity contribution in [2.75, 3.05) is 5.75 Å². The summed E-state index contributed by atoms with van der Waals surface area (Å²) in [5.74, 6) is -1.28. The highest BCUT2D eigenvalue weighted by Gasteiger charge is 2.25. The zero-order valence-corrected chi connectivity index (χ0v) is 12.6. The van der Waals surface area contributed by atoms with E-state index >= 15 is 0 Å². The fraction of sp³-hybridized carbons (Fsp3) is 0.0667. The zero-order chi connectivity index (χ0) is 16.4. The van der Waals surface area contributed by atoms with Gasteiger partial charge in [0.25, 0.3) is 5.91 Å². The number of halogens is 1. The first kappa shape index (κ1) is 15.2. The van der Waals surface area contributed by atoms with E-state index < -0.39 is 21.6 Å². The first-order chi connectivity index (χ1) is 11.0. The lowest BCUT2D eigenvalue weighted by atomic mass is 10.1. The number of carbonyl (C=O) groups excluding carboxylic acids is 1. The van der Waals surface area contributed by atoms with E-state index in [1.807, 2.05) is 0 Å². The molecule has 1 aliphatic rings. The molecule has 8 heteroatoms. The molecule has 2 N–H and O–H groups in total. The Morgan fingerprint density at radius 1 is 1.22 bits per heavy atom. The number of rotatable bonds is 3. The SMILES string of the molecule is O=C(NNC1=CCS(=O)(=O)c2ccc(F)cc21)c1ccccn1. The number of carbonyl (C=O) groups is 1. The number of sulfone groups is 1. The van der Waals surface area contributed by atoms with Crippen LogP contribution < -0.4 is 10.9 Å². The van der Waals surface area contributed by atoms with Crippen molar-refractivity contribution in [3.8, 4) is 0 Å². The quantitative estimate of drug-likeness (QED) is 0.653. The van der Waals surface area contributed by atoms with Gasteiger partial charge in [-0.05, 0) is 36.4 Å². The first-order valence-electron chi connectivity index (χ1n) is 6.67. The van der Waals surface area contributed by atoms with Gasteiger partial charge < -0.3 is 0 Å². The molecule has 1 aromatic heterocycles. The van der Waals surface area contributed by atoms with Gasteiger partial charge in [-0.15, -0.1) is 0 Å². The molecule has 2 heterocycles. The van der Waals surface area contributed by atoms with Gasteiger partial charge in [-0.2, -0.15) is 0 Å². The van der Waals surface area contributed by atoms with Gasteiger partial charge in [-0.1, -0.05) is 6.07 Å². The van der Waals surface area contributed by atoms with Crippen molar-refractivity contribution in [1.82, 2.24) is 15.8 Å². The molecular formula is C15H12FN3O3S. The van der Waals surface area contributed by atoms with Crippen molar-refractivity contribution < 1.29 is 17.6 Å². The van der Waals surface area contributed by atoms with Crippen molar-refractivity contribution in [3.63, 3.8) is 0 Å². The molecule has 1 amide bonds. The average molecular weight is 333 g/mol. The number of amides is 1. The summed E-state index contributed by atoms with van der Waals surface area (Å²) in [6.45, 7) is 0. The number of aromatic nitrogens is 1. The predicted molar refractivity (Wildman–Crippen MR) is 81.3 cm³/mol. The Hall–Kier alpha value is -2.74. The van der Waals surface area contributed by atoms with Gasteiger partial charge in [-0.3, -0.25) is 20.6 Å². The Balaban J connectivity index is 1.84. The highest BCUT2D eigenvalue weighted by molar-refractivity contribution is 7.91. The minimum atomic E-state index is -3.49. The van der Waals surface area contributed by atoms with E-state index in [2.05, 4.69) is 15.8 Å². The molecule has 0 spiro atoms. The van der Waals surface area contributed by atoms with Gasteiger partial charge in [0.1, 0.15) is 11.5 Å². The number of hydrogen-bond acceptors (Lipinski definition) is 5. The molecule has 0 saturated heterocycles. The molecule has 118 valence electrons. The summed E-state index contributed by atoms with van der Waals surface area (Å²) in [6.07, 6.45) is 2.86. The average Bonchev–Trinajstić information content (AvgIpc) is 2.54. The fourth-order valence-corrected chi connectivity index (χ4v) is 3.53. The third-order valence-corrected chi connectivity index (χ3v) is 4.91. The molecular weight excluding hydrogens is 321 g/mol. The highest BCUT2D eigenvalue weighted by Crippen LogP contribution is 2.28. The van der Waals surface area contributed by atoms with Crippen LogP contribution in [0.25, 0.3) is 5.70 Å². The van der Waals surface area contributed by atoms with Crippen LogP contribution in [0.1, 0.15) is 16.1 Å². The smallest absolute Gasteiger partial charge is 0.288 e. The number of fused-ring (bicyclic) bond motifs is 1. The minimum Gasteiger partial charge on any atom is -0.298 e. The number of nitrogens with zero attached hydrogens (tertiary/aromatic N) is 1. The van der Waals surface area contributed by atoms with E-state index in [4.69, 9.17) is 0 Å². The van der Waals surface area contributed by atoms with Crippen LogP contribution in [0.15, 0.2) is 53.6 Å². The van der Waals surface area contributed by atoms with Crippen LogP contribution >= 0.6 is 0 Å². The van der Waals surface area contributed by atoms with E-state index in [1.165, 1.54) is 24.4 Å². The second kappa shape index (κ2) is 5.81. The van der Waals surface area contributed by atoms with E-state index in [0.717, 1.165) is 12.1 Å². The maximum atomic E-state index is 13.4. The molecule has 0 unspecified atom stereocenters. The van der Waals surface area contributed by atoms with Crippen LogP contribution in [-0.2, 0) is 9.84 Å². The van der Waals surface area contributed by atoms with Crippen LogP contribution in [0.2, 0.25) is 0 Å². The minimum absolute atomic E-state index is 0.0241. The molecule has 1 aliphatic heterocycles. The summed E-state index contributed by atoms with van der Waals surface area (Å²) >= 11 is 0. The summed E-state index contributed by atoms with van der Waals surface area (Å²) in [5.41, 5.74) is 5.75. The van der Waals surface area contributed by atoms with Crippen LogP contribution in [0.3, 0.4) is 0 Å². The van der Waals surface area contributed by atoms with Crippen LogP contribution in [-0.4, -0.2) is 25.1 Å². The summed E-state index contributed by atoms with van der Waals surface area (Å²) < 4.78 is 37.4. The maximum Gasteiger partial charge on any atom is 0.288 e. The van der Waals surface area contributed by atoms with Gasteiger partial charge in [-0.25, -0.2) is 12.8 Å². The number of hydrogen-bond donors (Lipinski definition) is 2. The van der Waals surface area contributed by atoms with Gasteiger partial charge in [0.05, 0.1) is 16.3 Å². The van der Waals surface area contributed by atoms with Gasteiger partial charge >= 0.3 is 0 Å². The largest absolute Gasteiger partial charge is 0.298 e.